The number of nitrogens with zero attached hydrogens (tertiary/aromatic N) is 12. The fourth-order valence-corrected chi connectivity index (χ4v) is 13.6. The number of carbonyl (C=O) groups excluding carboxylic acids is 5. The molecule has 10 atom stereocenters. The van der Waals surface area contributed by atoms with E-state index in [1.54, 1.807) is 30.5 Å². The number of hydrogen-bond acceptors (Lipinski definition) is 27. The molecule has 32 nitrogen and oxygen atoms in total. The Kier molecular flexibility index (Phi) is 27.2. The molecule has 0 aliphatic carbocycles. The van der Waals surface area contributed by atoms with E-state index in [0.29, 0.717) is 81.2 Å². The molecule has 0 saturated carbocycles. The summed E-state index contributed by atoms with van der Waals surface area (Å²) in [5.41, 5.74) is -2.41. The predicted octanol–water partition coefficient (Wildman–Crippen LogP) is 0.619. The van der Waals surface area contributed by atoms with Gasteiger partial charge in [0.1, 0.15) is 16.6 Å². The van der Waals surface area contributed by atoms with Crippen molar-refractivity contribution in [2.75, 3.05) is 32.7 Å². The van der Waals surface area contributed by atoms with Crippen molar-refractivity contribution in [2.45, 2.75) is 164 Å². The summed E-state index contributed by atoms with van der Waals surface area (Å²) >= 11 is 0. The van der Waals surface area contributed by atoms with E-state index < -0.39 is 99.7 Å². The van der Waals surface area contributed by atoms with Crippen LogP contribution in [0.15, 0.2) is 141 Å². The van der Waals surface area contributed by atoms with Gasteiger partial charge >= 0.3 is 6.18 Å². The summed E-state index contributed by atoms with van der Waals surface area (Å²) < 4.78 is 85.7. The van der Waals surface area contributed by atoms with E-state index in [-0.39, 0.29) is 150 Å². The second-order valence-corrected chi connectivity index (χ2v) is 27.5. The third-order valence-electron chi connectivity index (χ3n) is 19.6. The zero-order chi connectivity index (χ0) is 80.1. The minimum Gasteiger partial charge on any atom is -0.391 e. The largest absolute Gasteiger partial charge is 0.417 e. The second-order valence-electron chi connectivity index (χ2n) is 27.5. The van der Waals surface area contributed by atoms with Crippen molar-refractivity contribution in [3.05, 3.63) is 192 Å². The maximum absolute atomic E-state index is 13.8. The van der Waals surface area contributed by atoms with Crippen LogP contribution in [0.1, 0.15) is 69.8 Å². The molecular formula is C74H79F6N17O15. The molecule has 592 valence electrons. The molecule has 0 radical (unpaired) electrons. The number of aromatic nitrogens is 12. The SMILES string of the molecule is O=C(C[C@H]1NCC[C@@H]1O)Cn1cnc2ccc(F)c(F)c2c1=O.O=C(C[C@H]1NCC[C@@H]1O)Cn1cnc2cccc(C(F)(F)F)c2c1=O.O=C(C[C@H]1NCC[C@@H]1O)Cn1cnc2cccc(F)c2c1=O.O=C(C[C@H]1NCC[C@@H]1O)Cn1cnc2cccnc2c1=O.O=C(C[C@H]1NCC[C@@H]1O)Cn1cnc2ccncc2c1=O. The smallest absolute Gasteiger partial charge is 0.391 e. The predicted molar refractivity (Wildman–Crippen MR) is 391 cm³/mol. The number of fused-ring (bicyclic) bond motifs is 5. The average Bonchev–Trinajstić information content (AvgIpc) is 1.03. The minimum absolute atomic E-state index is 0.00738. The van der Waals surface area contributed by atoms with Gasteiger partial charge in [-0.25, -0.2) is 43.1 Å². The number of nitrogens with one attached hydrogen (secondary N) is 5. The third kappa shape index (κ3) is 20.3. The van der Waals surface area contributed by atoms with Crippen LogP contribution in [0, 0.1) is 17.5 Å². The van der Waals surface area contributed by atoms with Crippen molar-refractivity contribution >= 4 is 83.6 Å². The first-order valence-electron chi connectivity index (χ1n) is 35.9. The van der Waals surface area contributed by atoms with Crippen LogP contribution in [0.3, 0.4) is 0 Å². The van der Waals surface area contributed by atoms with Gasteiger partial charge in [0.15, 0.2) is 46.1 Å². The number of benzene rings is 3. The number of alkyl halides is 3. The van der Waals surface area contributed by atoms with Crippen LogP contribution in [0.4, 0.5) is 26.3 Å². The van der Waals surface area contributed by atoms with Gasteiger partial charge in [0.25, 0.3) is 27.8 Å². The van der Waals surface area contributed by atoms with E-state index in [2.05, 4.69) is 61.5 Å². The number of carbonyl (C=O) groups is 5. The normalized spacial score (nSPS) is 21.3. The van der Waals surface area contributed by atoms with Gasteiger partial charge in [0.05, 0.1) is 139 Å². The summed E-state index contributed by atoms with van der Waals surface area (Å²) in [4.78, 5) is 150. The van der Waals surface area contributed by atoms with E-state index in [1.165, 1.54) is 70.8 Å². The molecule has 7 aromatic heterocycles. The number of aliphatic hydroxyl groups is 5. The third-order valence-corrected chi connectivity index (χ3v) is 19.6. The lowest BCUT2D eigenvalue weighted by Crippen LogP contribution is -2.35. The molecule has 10 aromatic rings. The van der Waals surface area contributed by atoms with E-state index in [4.69, 9.17) is 0 Å². The van der Waals surface area contributed by atoms with Gasteiger partial charge in [0, 0.05) is 80.9 Å². The number of rotatable bonds is 20. The number of Topliss-reactive ketones (excluding diaryl/α,β-unsaturated/α-hetero) is 5. The number of ketones is 5. The molecule has 5 aliphatic heterocycles. The Labute approximate surface area is 629 Å². The Morgan fingerprint density at radius 3 is 1.16 bits per heavy atom. The fraction of sp³-hybridized carbons (Fsp3) is 0.419. The highest BCUT2D eigenvalue weighted by Crippen LogP contribution is 2.33. The second kappa shape index (κ2) is 37.0. The summed E-state index contributed by atoms with van der Waals surface area (Å²) in [5, 5.41) is 62.9. The molecule has 10 N–H and O–H groups in total. The van der Waals surface area contributed by atoms with Crippen molar-refractivity contribution in [2.24, 2.45) is 0 Å². The van der Waals surface area contributed by atoms with E-state index in [9.17, 15) is 99.8 Å². The Morgan fingerprint density at radius 2 is 0.741 bits per heavy atom. The minimum atomic E-state index is -4.69. The Balaban J connectivity index is 0.000000139. The molecule has 15 rings (SSSR count). The van der Waals surface area contributed by atoms with Crippen molar-refractivity contribution in [3.63, 3.8) is 0 Å². The molecule has 5 aliphatic rings. The summed E-state index contributed by atoms with van der Waals surface area (Å²) in [6.45, 7) is 2.34. The summed E-state index contributed by atoms with van der Waals surface area (Å²) in [5.74, 6) is -4.17. The van der Waals surface area contributed by atoms with E-state index >= 15 is 0 Å². The van der Waals surface area contributed by atoms with E-state index in [0.717, 1.165) is 38.5 Å². The highest BCUT2D eigenvalue weighted by molar-refractivity contribution is 5.85. The summed E-state index contributed by atoms with van der Waals surface area (Å²) in [7, 11) is 0. The van der Waals surface area contributed by atoms with Crippen molar-refractivity contribution in [1.29, 1.82) is 0 Å². The van der Waals surface area contributed by atoms with Crippen LogP contribution in [0.2, 0.25) is 0 Å². The first-order chi connectivity index (χ1) is 53.6. The monoisotopic (exact) mass is 1560 g/mol. The van der Waals surface area contributed by atoms with Gasteiger partial charge in [-0.3, -0.25) is 75.8 Å². The number of hydrogen-bond donors (Lipinski definition) is 10. The average molecular weight is 1560 g/mol. The standard InChI is InChI=1S/C16H16F3N3O3.C15H15F2N3O3.C15H16FN3O3.2C14H16N4O3/c17-16(18,19)10-2-1-3-11-14(10)15(25)22(8-21-11)7-9(23)6-12-13(24)4-5-20-12;16-9-1-2-10-13(14(9)17)15(23)20(7-19-10)6-8(21)5-11-12(22)3-4-18-11;16-10-2-1-3-11-14(10)15(22)19(8-18-11)7-9(20)6-12-13(21)4-5-17-12;19-9(5-12-13(20)2-4-16-12)7-18-8-17-11-1-3-15-6-10(11)14(18)21;19-9(6-11-12(20)3-5-15-11)7-18-8-17-10-2-1-4-16-13(10)14(18)21/h1-3,8,12-13,20,24H,4-7H2;1-2,7,11-12,18,22H,3-6H2;1-3,8,12-13,17,21H,4-7H2;1,3,6,8,12-13,16,20H,2,4-5,7H2;1-2,4,8,11-12,15,20H,3,5-7H2/t12-,13+;11-,12+;2*12-,13+;11-,12+/m11111/s1. The quantitative estimate of drug-likeness (QED) is 0.0468. The lowest BCUT2D eigenvalue weighted by atomic mass is 10.1. The molecule has 5 fully saturated rings. The van der Waals surface area contributed by atoms with Crippen LogP contribution in [0.25, 0.3) is 54.6 Å². The highest BCUT2D eigenvalue weighted by Gasteiger charge is 2.36. The molecule has 5 saturated heterocycles. The molecule has 0 amide bonds. The van der Waals surface area contributed by atoms with Gasteiger partial charge in [-0.1, -0.05) is 12.1 Å². The molecule has 38 heteroatoms. The van der Waals surface area contributed by atoms with Crippen LogP contribution in [-0.2, 0) is 62.9 Å². The van der Waals surface area contributed by atoms with Gasteiger partial charge in [-0.2, -0.15) is 13.2 Å². The van der Waals surface area contributed by atoms with Gasteiger partial charge in [-0.05, 0) is 119 Å². The molecule has 12 heterocycles. The topological polar surface area (TPSA) is 447 Å². The molecule has 0 unspecified atom stereocenters. The fourth-order valence-electron chi connectivity index (χ4n) is 13.6. The van der Waals surface area contributed by atoms with E-state index in [1.807, 2.05) is 0 Å². The van der Waals surface area contributed by atoms with Crippen LogP contribution in [0.5, 0.6) is 0 Å². The van der Waals surface area contributed by atoms with Gasteiger partial charge in [-0.15, -0.1) is 0 Å². The first-order valence-corrected chi connectivity index (χ1v) is 35.9. The lowest BCUT2D eigenvalue weighted by molar-refractivity contribution is -0.136. The zero-order valence-corrected chi connectivity index (χ0v) is 59.8. The highest BCUT2D eigenvalue weighted by atomic mass is 19.4. The molecule has 0 spiro atoms. The van der Waals surface area contributed by atoms with Crippen LogP contribution in [-0.4, -0.2) is 206 Å². The lowest BCUT2D eigenvalue weighted by Gasteiger charge is -2.15. The number of halogens is 6. The van der Waals surface area contributed by atoms with Crippen molar-refractivity contribution in [1.82, 2.24) is 84.3 Å². The maximum Gasteiger partial charge on any atom is 0.417 e. The molecule has 0 bridgehead atoms. The maximum atomic E-state index is 13.8. The molecule has 3 aromatic carbocycles. The summed E-state index contributed by atoms with van der Waals surface area (Å²) in [6.07, 6.45) is 6.86. The van der Waals surface area contributed by atoms with Crippen molar-refractivity contribution in [3.8, 4) is 0 Å². The van der Waals surface area contributed by atoms with Crippen LogP contribution < -0.4 is 54.4 Å². The Bertz CT molecular complexity index is 5330. The Morgan fingerprint density at radius 1 is 0.384 bits per heavy atom. The molecular weight excluding hydrogens is 1480 g/mol. The van der Waals surface area contributed by atoms with Gasteiger partial charge < -0.3 is 52.1 Å². The van der Waals surface area contributed by atoms with Gasteiger partial charge in [0.2, 0.25) is 0 Å². The first kappa shape index (κ1) is 82.2. The Hall–Kier alpha value is -10.8. The number of pyridine rings is 2. The van der Waals surface area contributed by atoms with Crippen LogP contribution >= 0.6 is 0 Å². The van der Waals surface area contributed by atoms with Crippen molar-refractivity contribution < 1.29 is 75.8 Å². The molecule has 112 heavy (non-hydrogen) atoms. The summed E-state index contributed by atoms with van der Waals surface area (Å²) in [6, 6.07) is 13.2. The number of aliphatic hydroxyl groups excluding tert-OH is 5. The zero-order valence-electron chi connectivity index (χ0n) is 59.8.